The molecular weight excluding hydrogens is 258 g/mol. The Morgan fingerprint density at radius 2 is 1.82 bits per heavy atom. The average molecular weight is 270 g/mol. The van der Waals surface area contributed by atoms with Crippen molar-refractivity contribution in [3.8, 4) is 0 Å². The van der Waals surface area contributed by atoms with E-state index in [0.717, 1.165) is 6.42 Å². The molecule has 0 fully saturated rings. The van der Waals surface area contributed by atoms with Gasteiger partial charge < -0.3 is 31.7 Å². The van der Waals surface area contributed by atoms with Gasteiger partial charge in [-0.2, -0.15) is 13.0 Å². The predicted octanol–water partition coefficient (Wildman–Crippen LogP) is -3.46. The Balaban J connectivity index is -0.0000000459. The van der Waals surface area contributed by atoms with Crippen LogP contribution in [-0.2, 0) is 26.2 Å². The Morgan fingerprint density at radius 1 is 1.36 bits per heavy atom. The van der Waals surface area contributed by atoms with Gasteiger partial charge in [0.15, 0.2) is 0 Å². The van der Waals surface area contributed by atoms with E-state index < -0.39 is 0 Å². The zero-order valence-corrected chi connectivity index (χ0v) is 10.8. The third-order valence-electron chi connectivity index (χ3n) is 0.867. The normalized spacial score (nSPS) is 10.6. The Hall–Kier alpha value is 0.943. The van der Waals surface area contributed by atoms with Crippen LogP contribution in [0.2, 0.25) is 0 Å². The van der Waals surface area contributed by atoms with Crippen LogP contribution in [0.15, 0.2) is 17.7 Å². The van der Waals surface area contributed by atoms with Crippen LogP contribution >= 0.6 is 0 Å². The molecule has 0 unspecified atom stereocenters. The van der Waals surface area contributed by atoms with Crippen LogP contribution in [0.4, 0.5) is 0 Å². The van der Waals surface area contributed by atoms with Crippen molar-refractivity contribution in [1.29, 1.82) is 0 Å². The van der Waals surface area contributed by atoms with Crippen molar-refractivity contribution >= 4 is 0 Å². The van der Waals surface area contributed by atoms with Gasteiger partial charge in [0.25, 0.3) is 0 Å². The molecule has 0 aromatic heterocycles. The Labute approximate surface area is 101 Å². The van der Waals surface area contributed by atoms with Crippen LogP contribution < -0.4 is 24.8 Å². The predicted molar refractivity (Wildman–Crippen MR) is 37.2 cm³/mol. The maximum atomic E-state index is 3.25. The van der Waals surface area contributed by atoms with Crippen LogP contribution in [0.5, 0.6) is 0 Å². The van der Waals surface area contributed by atoms with Gasteiger partial charge in [-0.3, -0.25) is 6.08 Å². The Morgan fingerprint density at radius 3 is 1.91 bits per heavy atom. The minimum absolute atomic E-state index is 0. The molecule has 11 heavy (non-hydrogen) atoms. The molecule has 3 heteroatoms. The fourth-order valence-electron chi connectivity index (χ4n) is 0.515. The Kier molecular flexibility index (Phi) is 35.3. The van der Waals surface area contributed by atoms with Crippen molar-refractivity contribution in [2.45, 2.75) is 20.3 Å². The molecule has 1 aliphatic rings. The summed E-state index contributed by atoms with van der Waals surface area (Å²) >= 11 is 0. The molecule has 0 saturated heterocycles. The molecular formula is C8H12Cl2Zr. The van der Waals surface area contributed by atoms with Crippen LogP contribution in [0.1, 0.15) is 20.3 Å². The summed E-state index contributed by atoms with van der Waals surface area (Å²) in [7, 11) is 0. The second kappa shape index (κ2) is 17.1. The number of rotatable bonds is 0. The fraction of sp³-hybridized carbons (Fsp3) is 0.375. The van der Waals surface area contributed by atoms with E-state index in [1.54, 1.807) is 6.92 Å². The summed E-state index contributed by atoms with van der Waals surface area (Å²) < 4.78 is 0. The van der Waals surface area contributed by atoms with Gasteiger partial charge in [-0.1, -0.05) is 6.92 Å². The largest absolute Gasteiger partial charge is 4.00 e. The molecule has 0 nitrogen and oxygen atoms in total. The van der Waals surface area contributed by atoms with E-state index in [4.69, 9.17) is 0 Å². The van der Waals surface area contributed by atoms with Crippen LogP contribution in [-0.4, -0.2) is 0 Å². The van der Waals surface area contributed by atoms with Crippen molar-refractivity contribution in [3.63, 3.8) is 0 Å². The van der Waals surface area contributed by atoms with Gasteiger partial charge in [0.05, 0.1) is 0 Å². The first-order valence-corrected chi connectivity index (χ1v) is 2.84. The standard InChI is InChI=1S/C6H7.C2H5.2ClH.Zr/c1-6-4-2-3-5-6;1-2;;;/h2,4H,3H2,1H3;1H2,2H3;2*1H;/q2*-1;;;+4/p-2. The zero-order chi connectivity index (χ0) is 6.41. The van der Waals surface area contributed by atoms with E-state index in [1.807, 2.05) is 0 Å². The monoisotopic (exact) mass is 268 g/mol. The van der Waals surface area contributed by atoms with Gasteiger partial charge >= 0.3 is 26.2 Å². The third-order valence-corrected chi connectivity index (χ3v) is 0.867. The van der Waals surface area contributed by atoms with E-state index >= 15 is 0 Å². The second-order valence-corrected chi connectivity index (χ2v) is 1.47. The molecule has 0 bridgehead atoms. The first-order valence-electron chi connectivity index (χ1n) is 2.84. The topological polar surface area (TPSA) is 0 Å². The molecule has 0 aromatic carbocycles. The number of allylic oxidation sites excluding steroid dienone is 4. The molecule has 0 aliphatic heterocycles. The number of hydrogen-bond acceptors (Lipinski definition) is 0. The van der Waals surface area contributed by atoms with Crippen LogP contribution in [0, 0.1) is 13.0 Å². The molecule has 0 aromatic rings. The van der Waals surface area contributed by atoms with E-state index in [1.165, 1.54) is 5.57 Å². The second-order valence-electron chi connectivity index (χ2n) is 1.47. The van der Waals surface area contributed by atoms with Gasteiger partial charge in [0, 0.05) is 0 Å². The quantitative estimate of drug-likeness (QED) is 0.402. The first kappa shape index (κ1) is 22.7. The molecule has 0 amide bonds. The van der Waals surface area contributed by atoms with Gasteiger partial charge in [-0.05, 0) is 0 Å². The summed E-state index contributed by atoms with van der Waals surface area (Å²) in [6.07, 6.45) is 8.33. The van der Waals surface area contributed by atoms with Gasteiger partial charge in [-0.15, -0.1) is 6.42 Å². The summed E-state index contributed by atoms with van der Waals surface area (Å²) in [5, 5.41) is 0. The van der Waals surface area contributed by atoms with Crippen molar-refractivity contribution in [2.24, 2.45) is 0 Å². The summed E-state index contributed by atoms with van der Waals surface area (Å²) in [6.45, 7) is 7.06. The molecule has 0 atom stereocenters. The first-order chi connectivity index (χ1) is 3.89. The molecule has 0 radical (unpaired) electrons. The number of hydrogen-bond donors (Lipinski definition) is 0. The van der Waals surface area contributed by atoms with E-state index in [2.05, 4.69) is 32.1 Å². The summed E-state index contributed by atoms with van der Waals surface area (Å²) in [5.74, 6) is 0. The van der Waals surface area contributed by atoms with E-state index in [-0.39, 0.29) is 51.0 Å². The van der Waals surface area contributed by atoms with Crippen molar-refractivity contribution in [3.05, 3.63) is 30.7 Å². The third kappa shape index (κ3) is 13.9. The maximum Gasteiger partial charge on any atom is 4.00 e. The molecule has 0 saturated carbocycles. The van der Waals surface area contributed by atoms with Crippen molar-refractivity contribution in [2.75, 3.05) is 0 Å². The summed E-state index contributed by atoms with van der Waals surface area (Å²) in [5.41, 5.74) is 1.27. The van der Waals surface area contributed by atoms with Crippen LogP contribution in [0.3, 0.4) is 0 Å². The molecule has 0 spiro atoms. The fourth-order valence-corrected chi connectivity index (χ4v) is 0.515. The molecule has 0 N–H and O–H groups in total. The summed E-state index contributed by atoms with van der Waals surface area (Å²) in [6, 6.07) is 0. The smallest absolute Gasteiger partial charge is 1.00 e. The minimum Gasteiger partial charge on any atom is -1.00 e. The van der Waals surface area contributed by atoms with E-state index in [9.17, 15) is 0 Å². The molecule has 1 aliphatic carbocycles. The van der Waals surface area contributed by atoms with Gasteiger partial charge in [0.2, 0.25) is 0 Å². The molecule has 1 rings (SSSR count). The van der Waals surface area contributed by atoms with E-state index in [0.29, 0.717) is 0 Å². The Bertz CT molecular complexity index is 106. The SMILES string of the molecule is CC1=[C-]CC=C1.[CH2-]C.[Cl-].[Cl-].[Zr+4]. The number of halogens is 2. The maximum absolute atomic E-state index is 3.25. The molecule has 62 valence electrons. The summed E-state index contributed by atoms with van der Waals surface area (Å²) in [4.78, 5) is 0. The average Bonchev–Trinajstić information content (AvgIpc) is 2.24. The minimum atomic E-state index is 0. The van der Waals surface area contributed by atoms with Crippen molar-refractivity contribution < 1.29 is 51.0 Å². The van der Waals surface area contributed by atoms with Gasteiger partial charge in [0.1, 0.15) is 0 Å². The van der Waals surface area contributed by atoms with Crippen molar-refractivity contribution in [1.82, 2.24) is 0 Å². The molecule has 0 heterocycles. The van der Waals surface area contributed by atoms with Gasteiger partial charge in [-0.25, -0.2) is 11.6 Å². The van der Waals surface area contributed by atoms with Crippen LogP contribution in [0.25, 0.3) is 0 Å². The zero-order valence-electron chi connectivity index (χ0n) is 6.82.